The van der Waals surface area contributed by atoms with Gasteiger partial charge in [-0.05, 0) is 78.1 Å². The minimum absolute atomic E-state index is 0.274. The summed E-state index contributed by atoms with van der Waals surface area (Å²) in [5.74, 6) is 2.43. The van der Waals surface area contributed by atoms with Gasteiger partial charge in [-0.25, -0.2) is 9.97 Å². The Morgan fingerprint density at radius 3 is 2.41 bits per heavy atom. The van der Waals surface area contributed by atoms with Crippen LogP contribution in [0.1, 0.15) is 25.7 Å². The van der Waals surface area contributed by atoms with Crippen LogP contribution in [0.25, 0.3) is 22.0 Å². The largest absolute Gasteiger partial charge is 0.366 e. The van der Waals surface area contributed by atoms with Gasteiger partial charge in [0.15, 0.2) is 0 Å². The van der Waals surface area contributed by atoms with Gasteiger partial charge in [-0.3, -0.25) is 0 Å². The first-order chi connectivity index (χ1) is 13.1. The Bertz CT molecular complexity index is 1040. The Hall–Kier alpha value is -1.55. The minimum Gasteiger partial charge on any atom is -0.366 e. The highest BCUT2D eigenvalue weighted by Gasteiger charge is 2.39. The molecule has 2 saturated carbocycles. The van der Waals surface area contributed by atoms with E-state index in [1.54, 1.807) is 0 Å². The second-order valence-electron chi connectivity index (χ2n) is 7.63. The van der Waals surface area contributed by atoms with Crippen molar-refractivity contribution >= 4 is 51.5 Å². The molecule has 1 N–H and O–H groups in total. The van der Waals surface area contributed by atoms with E-state index in [-0.39, 0.29) is 5.28 Å². The van der Waals surface area contributed by atoms with Crippen molar-refractivity contribution in [3.8, 4) is 11.1 Å². The lowest BCUT2D eigenvalue weighted by molar-refractivity contribution is 0.439. The van der Waals surface area contributed by atoms with Crippen LogP contribution in [0.5, 0.6) is 0 Å². The second-order valence-corrected chi connectivity index (χ2v) is 8.78. The third-order valence-electron chi connectivity index (χ3n) is 5.98. The minimum atomic E-state index is 0.274. The fourth-order valence-electron chi connectivity index (χ4n) is 4.66. The third kappa shape index (κ3) is 3.26. The quantitative estimate of drug-likeness (QED) is 0.472. The number of nitrogens with one attached hydrogen (secondary N) is 1. The molecular formula is C21H18Cl3N3. The zero-order valence-electron chi connectivity index (χ0n) is 14.6. The molecule has 0 spiro atoms. The van der Waals surface area contributed by atoms with E-state index >= 15 is 0 Å². The van der Waals surface area contributed by atoms with Gasteiger partial charge >= 0.3 is 0 Å². The molecular weight excluding hydrogens is 401 g/mol. The van der Waals surface area contributed by atoms with E-state index in [9.17, 15) is 0 Å². The van der Waals surface area contributed by atoms with E-state index in [0.29, 0.717) is 16.1 Å². The Morgan fingerprint density at radius 1 is 0.852 bits per heavy atom. The van der Waals surface area contributed by atoms with Crippen molar-refractivity contribution in [1.29, 1.82) is 0 Å². The highest BCUT2D eigenvalue weighted by molar-refractivity contribution is 6.42. The van der Waals surface area contributed by atoms with Gasteiger partial charge in [-0.1, -0.05) is 41.8 Å². The first kappa shape index (κ1) is 17.5. The molecule has 5 rings (SSSR count). The molecule has 6 heteroatoms. The lowest BCUT2D eigenvalue weighted by atomic mass is 9.95. The smallest absolute Gasteiger partial charge is 0.224 e. The predicted octanol–water partition coefficient (Wildman–Crippen LogP) is 6.86. The zero-order chi connectivity index (χ0) is 18.5. The maximum absolute atomic E-state index is 6.20. The monoisotopic (exact) mass is 417 g/mol. The molecule has 1 aromatic heterocycles. The third-order valence-corrected chi connectivity index (χ3v) is 6.89. The number of benzene rings is 2. The lowest BCUT2D eigenvalue weighted by Crippen LogP contribution is -2.26. The van der Waals surface area contributed by atoms with Crippen molar-refractivity contribution in [2.24, 2.45) is 11.8 Å². The second kappa shape index (κ2) is 6.80. The van der Waals surface area contributed by atoms with Crippen LogP contribution >= 0.6 is 34.8 Å². The van der Waals surface area contributed by atoms with Gasteiger partial charge < -0.3 is 5.32 Å². The van der Waals surface area contributed by atoms with Crippen molar-refractivity contribution in [1.82, 2.24) is 9.97 Å². The number of aromatic nitrogens is 2. The van der Waals surface area contributed by atoms with E-state index in [1.165, 1.54) is 25.7 Å². The van der Waals surface area contributed by atoms with Crippen molar-refractivity contribution in [2.75, 3.05) is 5.32 Å². The van der Waals surface area contributed by atoms with E-state index in [1.807, 2.05) is 30.3 Å². The summed E-state index contributed by atoms with van der Waals surface area (Å²) in [7, 11) is 0. The van der Waals surface area contributed by atoms with Gasteiger partial charge in [0.2, 0.25) is 5.28 Å². The van der Waals surface area contributed by atoms with Gasteiger partial charge in [0.25, 0.3) is 0 Å². The molecule has 1 heterocycles. The van der Waals surface area contributed by atoms with Gasteiger partial charge in [0, 0.05) is 11.4 Å². The summed E-state index contributed by atoms with van der Waals surface area (Å²) in [5, 5.41) is 6.02. The van der Waals surface area contributed by atoms with Crippen molar-refractivity contribution in [2.45, 2.75) is 31.7 Å². The summed E-state index contributed by atoms with van der Waals surface area (Å²) in [6.07, 6.45) is 5.24. The molecule has 3 aromatic rings. The fourth-order valence-corrected chi connectivity index (χ4v) is 5.14. The average molecular weight is 419 g/mol. The van der Waals surface area contributed by atoms with E-state index in [4.69, 9.17) is 34.8 Å². The number of hydrogen-bond acceptors (Lipinski definition) is 3. The Morgan fingerprint density at radius 2 is 1.67 bits per heavy atom. The molecule has 0 amide bonds. The van der Waals surface area contributed by atoms with Crippen molar-refractivity contribution < 1.29 is 0 Å². The van der Waals surface area contributed by atoms with Crippen LogP contribution in [-0.2, 0) is 0 Å². The Kier molecular flexibility index (Phi) is 4.42. The lowest BCUT2D eigenvalue weighted by Gasteiger charge is -2.24. The van der Waals surface area contributed by atoms with Gasteiger partial charge in [-0.15, -0.1) is 0 Å². The van der Waals surface area contributed by atoms with Gasteiger partial charge in [0.1, 0.15) is 5.82 Å². The molecule has 0 unspecified atom stereocenters. The van der Waals surface area contributed by atoms with Crippen molar-refractivity contribution in [3.63, 3.8) is 0 Å². The molecule has 2 aromatic carbocycles. The fraction of sp³-hybridized carbons (Fsp3) is 0.333. The van der Waals surface area contributed by atoms with Gasteiger partial charge in [-0.2, -0.15) is 0 Å². The molecule has 0 aliphatic heterocycles. The maximum Gasteiger partial charge on any atom is 0.224 e. The van der Waals surface area contributed by atoms with Crippen LogP contribution in [0.3, 0.4) is 0 Å². The summed E-state index contributed by atoms with van der Waals surface area (Å²) in [4.78, 5) is 8.90. The molecule has 3 nitrogen and oxygen atoms in total. The van der Waals surface area contributed by atoms with Crippen LogP contribution < -0.4 is 5.32 Å². The standard InChI is InChI=1S/C21H18Cl3N3/c22-16-5-3-13(10-17(16)23)12-4-6-18-15(9-12)20(27-21(24)26-18)25-19-8-11-1-2-14(19)7-11/h3-6,9-11,14,19H,1-2,7-8H2,(H,25,26,27)/t11-,14+,19+/m0/s1. The topological polar surface area (TPSA) is 37.8 Å². The highest BCUT2D eigenvalue weighted by Crippen LogP contribution is 2.46. The summed E-state index contributed by atoms with van der Waals surface area (Å²) < 4.78 is 0. The SMILES string of the molecule is Clc1nc(N[C@@H]2C[C@H]3CC[C@@H]2C3)c2cc(-c3ccc(Cl)c(Cl)c3)ccc2n1. The summed E-state index contributed by atoms with van der Waals surface area (Å²) in [5.41, 5.74) is 2.89. The molecule has 0 saturated heterocycles. The summed E-state index contributed by atoms with van der Waals surface area (Å²) in [6.45, 7) is 0. The molecule has 27 heavy (non-hydrogen) atoms. The summed E-state index contributed by atoms with van der Waals surface area (Å²) in [6, 6.07) is 12.2. The van der Waals surface area contributed by atoms with Crippen LogP contribution in [0.2, 0.25) is 15.3 Å². The molecule has 3 atom stereocenters. The number of hydrogen-bond donors (Lipinski definition) is 1. The number of anilines is 1. The first-order valence-electron chi connectivity index (χ1n) is 9.26. The average Bonchev–Trinajstić information content (AvgIpc) is 3.27. The Labute approximate surface area is 173 Å². The number of halogens is 3. The van der Waals surface area contributed by atoms with Crippen LogP contribution in [0.4, 0.5) is 5.82 Å². The summed E-state index contributed by atoms with van der Waals surface area (Å²) >= 11 is 18.4. The first-order valence-corrected chi connectivity index (χ1v) is 10.4. The zero-order valence-corrected chi connectivity index (χ0v) is 16.8. The molecule has 2 fully saturated rings. The van der Waals surface area contributed by atoms with Crippen molar-refractivity contribution in [3.05, 3.63) is 51.7 Å². The number of nitrogens with zero attached hydrogens (tertiary/aromatic N) is 2. The molecule has 2 aliphatic rings. The van der Waals surface area contributed by atoms with Gasteiger partial charge in [0.05, 0.1) is 15.6 Å². The molecule has 2 aliphatic carbocycles. The van der Waals surface area contributed by atoms with E-state index in [0.717, 1.165) is 39.7 Å². The maximum atomic E-state index is 6.20. The van der Waals surface area contributed by atoms with Crippen LogP contribution in [0.15, 0.2) is 36.4 Å². The number of rotatable bonds is 3. The normalized spacial score (nSPS) is 23.9. The van der Waals surface area contributed by atoms with Crippen LogP contribution in [0, 0.1) is 11.8 Å². The predicted molar refractivity (Wildman–Crippen MR) is 113 cm³/mol. The van der Waals surface area contributed by atoms with E-state index in [2.05, 4.69) is 21.4 Å². The van der Waals surface area contributed by atoms with Crippen LogP contribution in [-0.4, -0.2) is 16.0 Å². The highest BCUT2D eigenvalue weighted by atomic mass is 35.5. The van der Waals surface area contributed by atoms with E-state index < -0.39 is 0 Å². The molecule has 0 radical (unpaired) electrons. The Balaban J connectivity index is 1.56. The molecule has 138 valence electrons. The molecule has 2 bridgehead atoms. The number of fused-ring (bicyclic) bond motifs is 3.